The van der Waals surface area contributed by atoms with Gasteiger partial charge in [-0.05, 0) is 55.0 Å². The number of fused-ring (bicyclic) bond motifs is 1. The molecule has 1 saturated heterocycles. The van der Waals surface area contributed by atoms with Crippen LogP contribution in [0.3, 0.4) is 0 Å². The van der Waals surface area contributed by atoms with Crippen LogP contribution in [0.4, 0.5) is 5.82 Å². The van der Waals surface area contributed by atoms with E-state index in [1.165, 1.54) is 24.8 Å². The molecule has 4 rings (SSSR count). The van der Waals surface area contributed by atoms with Gasteiger partial charge in [0, 0.05) is 23.5 Å². The van der Waals surface area contributed by atoms with Crippen molar-refractivity contribution in [2.24, 2.45) is 0 Å². The van der Waals surface area contributed by atoms with Crippen molar-refractivity contribution in [1.82, 2.24) is 9.97 Å². The SMILES string of the molecule is CCC1CCCCN1c1nc(Cl)nc2scc(-c3ccc(OC)cc3)c12. The van der Waals surface area contributed by atoms with Crippen molar-refractivity contribution in [2.75, 3.05) is 18.6 Å². The summed E-state index contributed by atoms with van der Waals surface area (Å²) in [5.74, 6) is 1.84. The lowest BCUT2D eigenvalue weighted by molar-refractivity contribution is 0.415. The fourth-order valence-corrected chi connectivity index (χ4v) is 4.95. The third-order valence-electron chi connectivity index (χ3n) is 5.16. The summed E-state index contributed by atoms with van der Waals surface area (Å²) in [5.41, 5.74) is 2.31. The standard InChI is InChI=1S/C20H22ClN3OS/c1-3-14-6-4-5-11-24(14)18-17-16(12-26-19(17)23-20(21)22-18)13-7-9-15(25-2)10-8-13/h7-10,12,14H,3-6,11H2,1-2H3. The van der Waals surface area contributed by atoms with E-state index < -0.39 is 0 Å². The molecule has 0 aliphatic carbocycles. The first kappa shape index (κ1) is 17.6. The van der Waals surface area contributed by atoms with Crippen LogP contribution in [0, 0.1) is 0 Å². The normalized spacial score (nSPS) is 17.7. The number of piperidine rings is 1. The summed E-state index contributed by atoms with van der Waals surface area (Å²) >= 11 is 7.90. The number of hydrogen-bond acceptors (Lipinski definition) is 5. The zero-order valence-corrected chi connectivity index (χ0v) is 16.6. The molecule has 1 aliphatic rings. The largest absolute Gasteiger partial charge is 0.497 e. The Morgan fingerprint density at radius 3 is 2.77 bits per heavy atom. The van der Waals surface area contributed by atoms with E-state index in [2.05, 4.69) is 39.3 Å². The third kappa shape index (κ3) is 3.14. The number of benzene rings is 1. The van der Waals surface area contributed by atoms with Gasteiger partial charge in [-0.1, -0.05) is 19.1 Å². The minimum atomic E-state index is 0.330. The Balaban J connectivity index is 1.87. The van der Waals surface area contributed by atoms with E-state index in [1.54, 1.807) is 18.4 Å². The van der Waals surface area contributed by atoms with Gasteiger partial charge in [0.05, 0.1) is 12.5 Å². The fraction of sp³-hybridized carbons (Fsp3) is 0.400. The number of nitrogens with zero attached hydrogens (tertiary/aromatic N) is 3. The van der Waals surface area contributed by atoms with Crippen LogP contribution < -0.4 is 9.64 Å². The van der Waals surface area contributed by atoms with Crippen LogP contribution in [0.1, 0.15) is 32.6 Å². The van der Waals surface area contributed by atoms with E-state index >= 15 is 0 Å². The average molecular weight is 388 g/mol. The Bertz CT molecular complexity index is 909. The van der Waals surface area contributed by atoms with Crippen molar-refractivity contribution < 1.29 is 4.74 Å². The molecule has 1 aromatic carbocycles. The molecule has 0 saturated carbocycles. The first-order valence-corrected chi connectivity index (χ1v) is 10.3. The summed E-state index contributed by atoms with van der Waals surface area (Å²) in [4.78, 5) is 12.6. The van der Waals surface area contributed by atoms with Crippen molar-refractivity contribution in [2.45, 2.75) is 38.6 Å². The van der Waals surface area contributed by atoms with Gasteiger partial charge in [-0.2, -0.15) is 4.98 Å². The lowest BCUT2D eigenvalue weighted by atomic mass is 9.99. The van der Waals surface area contributed by atoms with Gasteiger partial charge in [-0.25, -0.2) is 4.98 Å². The van der Waals surface area contributed by atoms with Gasteiger partial charge < -0.3 is 9.64 Å². The van der Waals surface area contributed by atoms with Gasteiger partial charge in [0.1, 0.15) is 16.4 Å². The van der Waals surface area contributed by atoms with E-state index in [9.17, 15) is 0 Å². The van der Waals surface area contributed by atoms with Crippen LogP contribution in [0.5, 0.6) is 5.75 Å². The third-order valence-corrected chi connectivity index (χ3v) is 6.20. The average Bonchev–Trinajstić information content (AvgIpc) is 3.11. The molecule has 3 aromatic rings. The number of aromatic nitrogens is 2. The van der Waals surface area contributed by atoms with E-state index in [1.807, 2.05) is 12.1 Å². The van der Waals surface area contributed by atoms with E-state index in [0.29, 0.717) is 11.3 Å². The lowest BCUT2D eigenvalue weighted by Gasteiger charge is -2.36. The summed E-state index contributed by atoms with van der Waals surface area (Å²) < 4.78 is 5.29. The summed E-state index contributed by atoms with van der Waals surface area (Å²) in [6.07, 6.45) is 4.81. The first-order valence-electron chi connectivity index (χ1n) is 9.07. The summed E-state index contributed by atoms with van der Waals surface area (Å²) in [7, 11) is 1.68. The van der Waals surface area contributed by atoms with Crippen LogP contribution >= 0.6 is 22.9 Å². The Morgan fingerprint density at radius 2 is 2.04 bits per heavy atom. The minimum absolute atomic E-state index is 0.330. The number of thiophene rings is 1. The van der Waals surface area contributed by atoms with Crippen molar-refractivity contribution in [3.05, 3.63) is 34.9 Å². The van der Waals surface area contributed by atoms with Crippen LogP contribution in [0.2, 0.25) is 5.28 Å². The number of methoxy groups -OCH3 is 1. The second-order valence-corrected chi connectivity index (χ2v) is 7.82. The Morgan fingerprint density at radius 1 is 1.23 bits per heavy atom. The highest BCUT2D eigenvalue weighted by Gasteiger charge is 2.26. The molecule has 1 fully saturated rings. The zero-order valence-electron chi connectivity index (χ0n) is 15.0. The van der Waals surface area contributed by atoms with Crippen molar-refractivity contribution in [3.8, 4) is 16.9 Å². The molecule has 26 heavy (non-hydrogen) atoms. The number of anilines is 1. The lowest BCUT2D eigenvalue weighted by Crippen LogP contribution is -2.39. The summed E-state index contributed by atoms with van der Waals surface area (Å²) in [6, 6.07) is 8.68. The maximum absolute atomic E-state index is 6.27. The molecular formula is C20H22ClN3OS. The van der Waals surface area contributed by atoms with Gasteiger partial charge in [0.2, 0.25) is 5.28 Å². The molecule has 1 unspecified atom stereocenters. The zero-order chi connectivity index (χ0) is 18.1. The Hall–Kier alpha value is -1.85. The highest BCUT2D eigenvalue weighted by Crippen LogP contribution is 2.41. The highest BCUT2D eigenvalue weighted by molar-refractivity contribution is 7.17. The molecule has 0 N–H and O–H groups in total. The van der Waals surface area contributed by atoms with Crippen LogP contribution in [0.15, 0.2) is 29.6 Å². The number of rotatable bonds is 4. The first-order chi connectivity index (χ1) is 12.7. The number of ether oxygens (including phenoxy) is 1. The van der Waals surface area contributed by atoms with Crippen LogP contribution in [-0.2, 0) is 0 Å². The number of hydrogen-bond donors (Lipinski definition) is 0. The molecule has 0 radical (unpaired) electrons. The molecule has 1 aliphatic heterocycles. The minimum Gasteiger partial charge on any atom is -0.497 e. The molecule has 3 heterocycles. The van der Waals surface area contributed by atoms with Crippen LogP contribution in [-0.4, -0.2) is 29.7 Å². The van der Waals surface area contributed by atoms with Gasteiger partial charge in [0.15, 0.2) is 0 Å². The topological polar surface area (TPSA) is 38.2 Å². The molecule has 6 heteroatoms. The second-order valence-electron chi connectivity index (χ2n) is 6.63. The van der Waals surface area contributed by atoms with E-state index in [0.717, 1.165) is 40.3 Å². The molecule has 0 amide bonds. The summed E-state index contributed by atoms with van der Waals surface area (Å²) in [5, 5.41) is 3.60. The van der Waals surface area contributed by atoms with Gasteiger partial charge in [0.25, 0.3) is 0 Å². The van der Waals surface area contributed by atoms with Crippen molar-refractivity contribution in [1.29, 1.82) is 0 Å². The number of halogens is 1. The monoisotopic (exact) mass is 387 g/mol. The smallest absolute Gasteiger partial charge is 0.225 e. The van der Waals surface area contributed by atoms with Crippen molar-refractivity contribution in [3.63, 3.8) is 0 Å². The predicted molar refractivity (Wildman–Crippen MR) is 110 cm³/mol. The Labute approximate surface area is 162 Å². The van der Waals surface area contributed by atoms with E-state index in [4.69, 9.17) is 16.3 Å². The molecule has 0 spiro atoms. The molecule has 0 bridgehead atoms. The maximum Gasteiger partial charge on any atom is 0.225 e. The van der Waals surface area contributed by atoms with Crippen molar-refractivity contribution >= 4 is 39.0 Å². The summed E-state index contributed by atoms with van der Waals surface area (Å²) in [6.45, 7) is 3.28. The second kappa shape index (κ2) is 7.41. The van der Waals surface area contributed by atoms with Crippen LogP contribution in [0.25, 0.3) is 21.3 Å². The van der Waals surface area contributed by atoms with Gasteiger partial charge >= 0.3 is 0 Å². The van der Waals surface area contributed by atoms with E-state index in [-0.39, 0.29) is 0 Å². The Kier molecular flexibility index (Phi) is 5.00. The quantitative estimate of drug-likeness (QED) is 0.531. The highest BCUT2D eigenvalue weighted by atomic mass is 35.5. The molecule has 4 nitrogen and oxygen atoms in total. The van der Waals surface area contributed by atoms with Gasteiger partial charge in [-0.15, -0.1) is 11.3 Å². The maximum atomic E-state index is 6.27. The molecule has 136 valence electrons. The fourth-order valence-electron chi connectivity index (χ4n) is 3.79. The predicted octanol–water partition coefficient (Wildman–Crippen LogP) is 5.79. The molecule has 2 aromatic heterocycles. The van der Waals surface area contributed by atoms with Gasteiger partial charge in [-0.3, -0.25) is 0 Å². The molecular weight excluding hydrogens is 366 g/mol. The molecule has 1 atom stereocenters.